The summed E-state index contributed by atoms with van der Waals surface area (Å²) in [4.78, 5) is 4.69. The molecule has 0 amide bonds. The summed E-state index contributed by atoms with van der Waals surface area (Å²) < 4.78 is 0. The molecule has 1 aromatic heterocycles. The minimum absolute atomic E-state index is 0.122. The molecule has 1 saturated carbocycles. The average molecular weight is 265 g/mol. The lowest BCUT2D eigenvalue weighted by Gasteiger charge is -2.19. The molecule has 0 atom stereocenters. The van der Waals surface area contributed by atoms with E-state index in [0.29, 0.717) is 12.5 Å². The van der Waals surface area contributed by atoms with Crippen molar-refractivity contribution in [1.29, 1.82) is 0 Å². The Balaban J connectivity index is 1.91. The number of hydrogen-bond acceptors (Lipinski definition) is 4. The minimum atomic E-state index is 0.122. The van der Waals surface area contributed by atoms with Gasteiger partial charge in [0.2, 0.25) is 0 Å². The Bertz CT molecular complexity index is 428. The number of thiophene rings is 1. The van der Waals surface area contributed by atoms with Crippen LogP contribution in [0.25, 0.3) is 0 Å². The van der Waals surface area contributed by atoms with Crippen LogP contribution in [0.4, 0.5) is 0 Å². The van der Waals surface area contributed by atoms with Gasteiger partial charge in [0.15, 0.2) is 0 Å². The van der Waals surface area contributed by atoms with Crippen LogP contribution in [0.5, 0.6) is 0 Å². The van der Waals surface area contributed by atoms with E-state index in [9.17, 15) is 0 Å². The van der Waals surface area contributed by atoms with E-state index in [1.807, 2.05) is 6.07 Å². The molecule has 98 valence electrons. The summed E-state index contributed by atoms with van der Waals surface area (Å²) in [7, 11) is 0. The van der Waals surface area contributed by atoms with Gasteiger partial charge < -0.3 is 10.2 Å². The van der Waals surface area contributed by atoms with Crippen molar-refractivity contribution < 1.29 is 10.2 Å². The molecule has 3 nitrogen and oxygen atoms in total. The van der Waals surface area contributed by atoms with Crippen molar-refractivity contribution in [2.45, 2.75) is 31.8 Å². The summed E-state index contributed by atoms with van der Waals surface area (Å²) >= 11 is 1.70. The molecule has 2 N–H and O–H groups in total. The third-order valence-corrected chi connectivity index (χ3v) is 3.90. The second-order valence-corrected chi connectivity index (χ2v) is 5.63. The second-order valence-electron chi connectivity index (χ2n) is 4.47. The van der Waals surface area contributed by atoms with Gasteiger partial charge in [0.05, 0.1) is 18.1 Å². The first-order valence-electron chi connectivity index (χ1n) is 6.37. The third kappa shape index (κ3) is 4.11. The van der Waals surface area contributed by atoms with Gasteiger partial charge in [-0.3, -0.25) is 4.90 Å². The molecule has 0 aromatic carbocycles. The van der Waals surface area contributed by atoms with Crippen molar-refractivity contribution in [2.75, 3.05) is 19.8 Å². The van der Waals surface area contributed by atoms with E-state index >= 15 is 0 Å². The van der Waals surface area contributed by atoms with Gasteiger partial charge in [0.25, 0.3) is 0 Å². The normalized spacial score (nSPS) is 14.6. The minimum Gasteiger partial charge on any atom is -0.395 e. The maximum atomic E-state index is 9.06. The molecule has 1 fully saturated rings. The van der Waals surface area contributed by atoms with Gasteiger partial charge in [-0.15, -0.1) is 11.3 Å². The zero-order valence-corrected chi connectivity index (χ0v) is 11.2. The van der Waals surface area contributed by atoms with Gasteiger partial charge in [-0.1, -0.05) is 11.8 Å². The zero-order chi connectivity index (χ0) is 12.8. The molecule has 0 spiro atoms. The molecule has 0 saturated heterocycles. The van der Waals surface area contributed by atoms with E-state index in [1.165, 1.54) is 17.7 Å². The van der Waals surface area contributed by atoms with Gasteiger partial charge in [0, 0.05) is 30.4 Å². The van der Waals surface area contributed by atoms with Crippen LogP contribution in [0.15, 0.2) is 12.1 Å². The zero-order valence-electron chi connectivity index (χ0n) is 10.4. The first-order chi connectivity index (χ1) is 8.83. The number of aliphatic hydroxyl groups is 2. The average Bonchev–Trinajstić information content (AvgIpc) is 3.12. The molecule has 4 heteroatoms. The summed E-state index contributed by atoms with van der Waals surface area (Å²) in [6, 6.07) is 4.82. The molecule has 1 heterocycles. The molecular formula is C14H19NO2S. The first kappa shape index (κ1) is 13.6. The van der Waals surface area contributed by atoms with Crippen LogP contribution < -0.4 is 0 Å². The molecule has 0 unspecified atom stereocenters. The summed E-state index contributed by atoms with van der Waals surface area (Å²) in [5.41, 5.74) is 0. The Hall–Kier alpha value is -0.860. The van der Waals surface area contributed by atoms with Gasteiger partial charge >= 0.3 is 0 Å². The number of aliphatic hydroxyl groups excluding tert-OH is 2. The Morgan fingerprint density at radius 1 is 1.28 bits per heavy atom. The van der Waals surface area contributed by atoms with E-state index in [4.69, 9.17) is 10.2 Å². The SMILES string of the molecule is OCCC#Cc1ccc(CN(CCO)C2CC2)s1. The molecule has 1 aliphatic carbocycles. The maximum absolute atomic E-state index is 9.06. The lowest BCUT2D eigenvalue weighted by molar-refractivity contribution is 0.184. The van der Waals surface area contributed by atoms with E-state index in [-0.39, 0.29) is 13.2 Å². The van der Waals surface area contributed by atoms with Crippen LogP contribution in [0.2, 0.25) is 0 Å². The lowest BCUT2D eigenvalue weighted by atomic mass is 10.3. The smallest absolute Gasteiger partial charge is 0.0771 e. The Morgan fingerprint density at radius 3 is 2.78 bits per heavy atom. The van der Waals surface area contributed by atoms with E-state index in [2.05, 4.69) is 22.8 Å². The highest BCUT2D eigenvalue weighted by Gasteiger charge is 2.28. The summed E-state index contributed by atoms with van der Waals surface area (Å²) in [6.45, 7) is 2.02. The second kappa shape index (κ2) is 6.91. The first-order valence-corrected chi connectivity index (χ1v) is 7.18. The highest BCUT2D eigenvalue weighted by molar-refractivity contribution is 7.12. The van der Waals surface area contributed by atoms with Crippen molar-refractivity contribution in [3.05, 3.63) is 21.9 Å². The molecule has 2 rings (SSSR count). The van der Waals surface area contributed by atoms with Crippen LogP contribution in [0.1, 0.15) is 29.0 Å². The number of nitrogens with zero attached hydrogens (tertiary/aromatic N) is 1. The van der Waals surface area contributed by atoms with Crippen molar-refractivity contribution in [1.82, 2.24) is 4.90 Å². The van der Waals surface area contributed by atoms with Gasteiger partial charge in [-0.05, 0) is 25.0 Å². The molecular weight excluding hydrogens is 246 g/mol. The quantitative estimate of drug-likeness (QED) is 0.765. The summed E-state index contributed by atoms with van der Waals surface area (Å²) in [5.74, 6) is 5.99. The van der Waals surface area contributed by atoms with Crippen LogP contribution in [-0.2, 0) is 6.54 Å². The molecule has 0 bridgehead atoms. The Morgan fingerprint density at radius 2 is 2.11 bits per heavy atom. The summed E-state index contributed by atoms with van der Waals surface area (Å²) in [6.07, 6.45) is 3.05. The largest absolute Gasteiger partial charge is 0.395 e. The molecule has 1 aromatic rings. The fourth-order valence-corrected chi connectivity index (χ4v) is 2.80. The monoisotopic (exact) mass is 265 g/mol. The van der Waals surface area contributed by atoms with Crippen LogP contribution in [0, 0.1) is 11.8 Å². The van der Waals surface area contributed by atoms with E-state index in [1.54, 1.807) is 11.3 Å². The predicted molar refractivity (Wildman–Crippen MR) is 73.4 cm³/mol. The topological polar surface area (TPSA) is 43.7 Å². The van der Waals surface area contributed by atoms with Crippen molar-refractivity contribution >= 4 is 11.3 Å². The highest BCUT2D eigenvalue weighted by atomic mass is 32.1. The summed E-state index contributed by atoms with van der Waals surface area (Å²) in [5, 5.41) is 17.7. The lowest BCUT2D eigenvalue weighted by Crippen LogP contribution is -2.28. The third-order valence-electron chi connectivity index (χ3n) is 2.92. The molecule has 0 aliphatic heterocycles. The highest BCUT2D eigenvalue weighted by Crippen LogP contribution is 2.29. The fourth-order valence-electron chi connectivity index (χ4n) is 1.89. The van der Waals surface area contributed by atoms with Crippen LogP contribution in [0.3, 0.4) is 0 Å². The van der Waals surface area contributed by atoms with E-state index < -0.39 is 0 Å². The Labute approximate surface area is 112 Å². The van der Waals surface area contributed by atoms with Crippen molar-refractivity contribution in [3.8, 4) is 11.8 Å². The molecule has 1 aliphatic rings. The number of hydrogen-bond donors (Lipinski definition) is 2. The van der Waals surface area contributed by atoms with Gasteiger partial charge in [-0.2, -0.15) is 0 Å². The maximum Gasteiger partial charge on any atom is 0.0771 e. The predicted octanol–water partition coefficient (Wildman–Crippen LogP) is 1.44. The fraction of sp³-hybridized carbons (Fsp3) is 0.571. The Kier molecular flexibility index (Phi) is 5.21. The standard InChI is InChI=1S/C14H19NO2S/c16-9-2-1-3-13-6-7-14(18-13)11-15(8-10-17)12-4-5-12/h6-7,12,16-17H,2,4-5,8-11H2. The number of rotatable bonds is 6. The van der Waals surface area contributed by atoms with E-state index in [0.717, 1.165) is 18.0 Å². The van der Waals surface area contributed by atoms with Crippen molar-refractivity contribution in [2.24, 2.45) is 0 Å². The molecule has 0 radical (unpaired) electrons. The van der Waals surface area contributed by atoms with Crippen LogP contribution >= 0.6 is 11.3 Å². The van der Waals surface area contributed by atoms with Crippen molar-refractivity contribution in [3.63, 3.8) is 0 Å². The van der Waals surface area contributed by atoms with Crippen LogP contribution in [-0.4, -0.2) is 40.9 Å². The molecule has 18 heavy (non-hydrogen) atoms. The van der Waals surface area contributed by atoms with Gasteiger partial charge in [-0.25, -0.2) is 0 Å². The van der Waals surface area contributed by atoms with Gasteiger partial charge in [0.1, 0.15) is 0 Å².